The van der Waals surface area contributed by atoms with Gasteiger partial charge in [-0.3, -0.25) is 0 Å². The van der Waals surface area contributed by atoms with Gasteiger partial charge in [0.15, 0.2) is 17.5 Å². The molecule has 270 valence electrons. The molecule has 0 aliphatic rings. The summed E-state index contributed by atoms with van der Waals surface area (Å²) in [6.07, 6.45) is 0. The summed E-state index contributed by atoms with van der Waals surface area (Å²) in [5.74, 6) is 1.87. The molecular weight excluding hydrogens is 707 g/mol. The van der Waals surface area contributed by atoms with Gasteiger partial charge in [0.25, 0.3) is 0 Å². The van der Waals surface area contributed by atoms with Crippen molar-refractivity contribution in [2.24, 2.45) is 0 Å². The highest BCUT2D eigenvalue weighted by Gasteiger charge is 2.19. The summed E-state index contributed by atoms with van der Waals surface area (Å²) < 4.78 is 4.72. The summed E-state index contributed by atoms with van der Waals surface area (Å²) in [5, 5.41) is 9.70. The SMILES string of the molecule is c1ccc(-c2nc(-c3cccc(-n4c5cc6ccccc6cc5c5cc6ccccc6cc54)c3)nc(-c3ccc4c5ccccc5n(-c5ccccc5)c4c3)n2)cc1. The quantitative estimate of drug-likeness (QED) is 0.177. The van der Waals surface area contributed by atoms with Crippen LogP contribution in [0.3, 0.4) is 0 Å². The molecule has 0 saturated carbocycles. The molecule has 0 unspecified atom stereocenters. The van der Waals surface area contributed by atoms with Crippen molar-refractivity contribution in [3.63, 3.8) is 0 Å². The van der Waals surface area contributed by atoms with Crippen LogP contribution in [-0.4, -0.2) is 24.1 Å². The monoisotopic (exact) mass is 739 g/mol. The minimum Gasteiger partial charge on any atom is -0.309 e. The van der Waals surface area contributed by atoms with E-state index in [1.807, 2.05) is 18.2 Å². The lowest BCUT2D eigenvalue weighted by Crippen LogP contribution is -2.01. The predicted molar refractivity (Wildman–Crippen MR) is 240 cm³/mol. The largest absolute Gasteiger partial charge is 0.309 e. The molecule has 0 saturated heterocycles. The number of nitrogens with zero attached hydrogens (tertiary/aromatic N) is 5. The number of aromatic nitrogens is 5. The van der Waals surface area contributed by atoms with Crippen molar-refractivity contribution in [1.82, 2.24) is 24.1 Å². The maximum Gasteiger partial charge on any atom is 0.164 e. The summed E-state index contributed by atoms with van der Waals surface area (Å²) in [6, 6.07) is 71.0. The lowest BCUT2D eigenvalue weighted by Gasteiger charge is -2.12. The molecule has 12 rings (SSSR count). The van der Waals surface area contributed by atoms with Gasteiger partial charge in [-0.15, -0.1) is 0 Å². The molecule has 3 aromatic heterocycles. The Morgan fingerprint density at radius 2 is 0.707 bits per heavy atom. The smallest absolute Gasteiger partial charge is 0.164 e. The van der Waals surface area contributed by atoms with Crippen molar-refractivity contribution in [1.29, 1.82) is 0 Å². The standard InChI is InChI=1S/C53H33N5/c1-3-14-34(15-4-1)51-54-52(56-53(55-51)40-26-27-44-43-24-11-12-25-47(43)57(48(44)33-40)41-21-5-2-6-22-41)39-20-13-23-42(28-39)58-49-31-37-18-9-7-16-35(37)29-45(49)46-30-36-17-8-10-19-38(36)32-50(46)58/h1-33H. The summed E-state index contributed by atoms with van der Waals surface area (Å²) >= 11 is 0. The van der Waals surface area contributed by atoms with Crippen LogP contribution in [0, 0.1) is 0 Å². The van der Waals surface area contributed by atoms with Crippen molar-refractivity contribution in [3.05, 3.63) is 200 Å². The Morgan fingerprint density at radius 3 is 1.36 bits per heavy atom. The van der Waals surface area contributed by atoms with Crippen LogP contribution in [0.1, 0.15) is 0 Å². The van der Waals surface area contributed by atoms with Crippen LogP contribution < -0.4 is 0 Å². The normalized spacial score (nSPS) is 11.8. The van der Waals surface area contributed by atoms with E-state index in [0.717, 1.165) is 50.1 Å². The van der Waals surface area contributed by atoms with Crippen LogP contribution in [0.2, 0.25) is 0 Å². The van der Waals surface area contributed by atoms with E-state index in [9.17, 15) is 0 Å². The summed E-state index contributed by atoms with van der Waals surface area (Å²) in [5.41, 5.74) is 9.49. The average molecular weight is 740 g/mol. The highest BCUT2D eigenvalue weighted by atomic mass is 15.0. The fourth-order valence-electron chi connectivity index (χ4n) is 8.77. The van der Waals surface area contributed by atoms with E-state index in [4.69, 9.17) is 15.0 Å². The van der Waals surface area contributed by atoms with E-state index in [1.165, 1.54) is 43.1 Å². The third kappa shape index (κ3) is 5.14. The van der Waals surface area contributed by atoms with Crippen molar-refractivity contribution in [3.8, 4) is 45.5 Å². The topological polar surface area (TPSA) is 48.5 Å². The molecule has 5 heteroatoms. The Kier molecular flexibility index (Phi) is 7.16. The molecular formula is C53H33N5. The van der Waals surface area contributed by atoms with Gasteiger partial charge in [-0.05, 0) is 82.2 Å². The molecule has 0 aliphatic carbocycles. The van der Waals surface area contributed by atoms with Gasteiger partial charge in [0.1, 0.15) is 0 Å². The molecule has 0 spiro atoms. The Morgan fingerprint density at radius 1 is 0.259 bits per heavy atom. The molecule has 0 amide bonds. The first-order valence-electron chi connectivity index (χ1n) is 19.6. The lowest BCUT2D eigenvalue weighted by molar-refractivity contribution is 1.07. The van der Waals surface area contributed by atoms with E-state index in [0.29, 0.717) is 17.5 Å². The molecule has 0 bridgehead atoms. The molecule has 9 aromatic carbocycles. The highest BCUT2D eigenvalue weighted by Crippen LogP contribution is 2.39. The first kappa shape index (κ1) is 32.4. The second-order valence-corrected chi connectivity index (χ2v) is 14.9. The van der Waals surface area contributed by atoms with E-state index in [-0.39, 0.29) is 0 Å². The Bertz CT molecular complexity index is 3470. The summed E-state index contributed by atoms with van der Waals surface area (Å²) in [6.45, 7) is 0. The van der Waals surface area contributed by atoms with Gasteiger partial charge in [0.2, 0.25) is 0 Å². The zero-order chi connectivity index (χ0) is 38.2. The number of benzene rings is 9. The maximum atomic E-state index is 5.25. The van der Waals surface area contributed by atoms with Crippen molar-refractivity contribution >= 4 is 65.2 Å². The molecule has 0 atom stereocenters. The van der Waals surface area contributed by atoms with Crippen LogP contribution >= 0.6 is 0 Å². The fourth-order valence-corrected chi connectivity index (χ4v) is 8.77. The number of para-hydroxylation sites is 2. The Labute approximate surface area is 333 Å². The van der Waals surface area contributed by atoms with Gasteiger partial charge in [0, 0.05) is 49.6 Å². The average Bonchev–Trinajstić information content (AvgIpc) is 3.79. The minimum absolute atomic E-state index is 0.617. The molecule has 5 nitrogen and oxygen atoms in total. The molecule has 0 radical (unpaired) electrons. The van der Waals surface area contributed by atoms with Gasteiger partial charge in [0.05, 0.1) is 22.1 Å². The molecule has 0 N–H and O–H groups in total. The summed E-state index contributed by atoms with van der Waals surface area (Å²) in [7, 11) is 0. The van der Waals surface area contributed by atoms with E-state index in [1.54, 1.807) is 0 Å². The van der Waals surface area contributed by atoms with E-state index < -0.39 is 0 Å². The fraction of sp³-hybridized carbons (Fsp3) is 0. The number of hydrogen-bond donors (Lipinski definition) is 0. The van der Waals surface area contributed by atoms with Crippen molar-refractivity contribution < 1.29 is 0 Å². The molecule has 12 aromatic rings. The minimum atomic E-state index is 0.617. The number of rotatable bonds is 5. The molecule has 0 fully saturated rings. The maximum absolute atomic E-state index is 5.25. The van der Waals surface area contributed by atoms with Crippen LogP contribution in [0.25, 0.3) is 111 Å². The third-order valence-corrected chi connectivity index (χ3v) is 11.5. The zero-order valence-electron chi connectivity index (χ0n) is 31.3. The van der Waals surface area contributed by atoms with Crippen LogP contribution in [-0.2, 0) is 0 Å². The zero-order valence-corrected chi connectivity index (χ0v) is 31.3. The van der Waals surface area contributed by atoms with Gasteiger partial charge in [-0.2, -0.15) is 0 Å². The van der Waals surface area contributed by atoms with Gasteiger partial charge < -0.3 is 9.13 Å². The van der Waals surface area contributed by atoms with Crippen molar-refractivity contribution in [2.75, 3.05) is 0 Å². The first-order valence-corrected chi connectivity index (χ1v) is 19.6. The van der Waals surface area contributed by atoms with E-state index >= 15 is 0 Å². The van der Waals surface area contributed by atoms with Gasteiger partial charge in [-0.25, -0.2) is 15.0 Å². The Balaban J connectivity index is 1.07. The van der Waals surface area contributed by atoms with Crippen LogP contribution in [0.15, 0.2) is 200 Å². The summed E-state index contributed by atoms with van der Waals surface area (Å²) in [4.78, 5) is 15.5. The molecule has 0 aliphatic heterocycles. The second kappa shape index (κ2) is 12.8. The van der Waals surface area contributed by atoms with E-state index in [2.05, 4.69) is 191 Å². The second-order valence-electron chi connectivity index (χ2n) is 14.9. The highest BCUT2D eigenvalue weighted by molar-refractivity contribution is 6.17. The third-order valence-electron chi connectivity index (χ3n) is 11.5. The van der Waals surface area contributed by atoms with Gasteiger partial charge in [-0.1, -0.05) is 140 Å². The number of hydrogen-bond acceptors (Lipinski definition) is 3. The predicted octanol–water partition coefficient (Wildman–Crippen LogP) is 13.4. The lowest BCUT2D eigenvalue weighted by atomic mass is 10.0. The number of fused-ring (bicyclic) bond motifs is 8. The van der Waals surface area contributed by atoms with Crippen LogP contribution in [0.5, 0.6) is 0 Å². The van der Waals surface area contributed by atoms with Crippen molar-refractivity contribution in [2.45, 2.75) is 0 Å². The first-order chi connectivity index (χ1) is 28.7. The molecule has 3 heterocycles. The molecule has 58 heavy (non-hydrogen) atoms. The Hall–Kier alpha value is -7.89. The van der Waals surface area contributed by atoms with Crippen LogP contribution in [0.4, 0.5) is 0 Å². The van der Waals surface area contributed by atoms with Gasteiger partial charge >= 0.3 is 0 Å².